The number of nitrogens with one attached hydrogen (secondary N) is 2. The van der Waals surface area contributed by atoms with Crippen LogP contribution in [0, 0.1) is 0 Å². The summed E-state index contributed by atoms with van der Waals surface area (Å²) in [7, 11) is 0. The third-order valence-corrected chi connectivity index (χ3v) is 10.3. The highest BCUT2D eigenvalue weighted by Gasteiger charge is 2.33. The third-order valence-electron chi connectivity index (χ3n) is 10.3. The van der Waals surface area contributed by atoms with Gasteiger partial charge in [-0.1, -0.05) is 80.6 Å². The van der Waals surface area contributed by atoms with Crippen molar-refractivity contribution >= 4 is 12.2 Å². The molecule has 0 radical (unpaired) electrons. The van der Waals surface area contributed by atoms with E-state index in [2.05, 4.69) is 101 Å². The highest BCUT2D eigenvalue weighted by molar-refractivity contribution is 5.76. The lowest BCUT2D eigenvalue weighted by Crippen LogP contribution is -2.29. The average Bonchev–Trinajstić information content (AvgIpc) is 3.94. The van der Waals surface area contributed by atoms with Gasteiger partial charge in [0.25, 0.3) is 0 Å². The Morgan fingerprint density at radius 3 is 1.86 bits per heavy atom. The van der Waals surface area contributed by atoms with Crippen LogP contribution in [0.1, 0.15) is 80.8 Å². The Balaban J connectivity index is 1.20. The van der Waals surface area contributed by atoms with Gasteiger partial charge in [-0.05, 0) is 83.4 Å². The van der Waals surface area contributed by atoms with Crippen molar-refractivity contribution in [3.63, 3.8) is 0 Å². The molecular formula is C39H42N6O4. The summed E-state index contributed by atoms with van der Waals surface area (Å²) in [6.45, 7) is 5.64. The molecule has 4 N–H and O–H groups in total. The van der Waals surface area contributed by atoms with Crippen LogP contribution in [0.15, 0.2) is 85.2 Å². The highest BCUT2D eigenvalue weighted by atomic mass is 16.4. The Labute approximate surface area is 285 Å². The average molecular weight is 659 g/mol. The maximum absolute atomic E-state index is 11.8. The fourth-order valence-electron chi connectivity index (χ4n) is 7.45. The van der Waals surface area contributed by atoms with E-state index in [1.165, 1.54) is 20.9 Å². The Hall–Kier alpha value is -5.38. The molecule has 252 valence electrons. The Morgan fingerprint density at radius 2 is 1.29 bits per heavy atom. The van der Waals surface area contributed by atoms with Crippen molar-refractivity contribution in [2.45, 2.75) is 69.9 Å². The quantitative estimate of drug-likeness (QED) is 0.125. The fourth-order valence-corrected chi connectivity index (χ4v) is 7.45. The van der Waals surface area contributed by atoms with Crippen LogP contribution in [0.4, 0.5) is 9.59 Å². The van der Waals surface area contributed by atoms with E-state index < -0.39 is 12.2 Å². The maximum Gasteiger partial charge on any atom is 0.407 e. The second kappa shape index (κ2) is 13.3. The van der Waals surface area contributed by atoms with Crippen molar-refractivity contribution in [2.75, 3.05) is 13.1 Å². The number of aromatic nitrogens is 4. The van der Waals surface area contributed by atoms with Crippen molar-refractivity contribution in [1.82, 2.24) is 29.7 Å². The number of likely N-dealkylation sites (tertiary alicyclic amines) is 2. The van der Waals surface area contributed by atoms with Crippen LogP contribution >= 0.6 is 0 Å². The van der Waals surface area contributed by atoms with E-state index in [0.29, 0.717) is 24.7 Å². The minimum atomic E-state index is -0.912. The smallest absolute Gasteiger partial charge is 0.407 e. The van der Waals surface area contributed by atoms with E-state index in [1.54, 1.807) is 6.20 Å². The summed E-state index contributed by atoms with van der Waals surface area (Å²) in [6, 6.07) is 25.0. The molecule has 2 atom stereocenters. The summed E-state index contributed by atoms with van der Waals surface area (Å²) in [5, 5.41) is 19.3. The van der Waals surface area contributed by atoms with E-state index in [0.717, 1.165) is 72.2 Å². The number of hydrogen-bond acceptors (Lipinski definition) is 4. The minimum absolute atomic E-state index is 0.177. The molecule has 7 rings (SSSR count). The van der Waals surface area contributed by atoms with Gasteiger partial charge in [0.05, 0.1) is 35.9 Å². The number of rotatable bonds is 9. The lowest BCUT2D eigenvalue weighted by molar-refractivity contribution is 0.138. The molecule has 2 saturated heterocycles. The molecule has 3 aromatic carbocycles. The topological polar surface area (TPSA) is 138 Å². The van der Waals surface area contributed by atoms with E-state index in [-0.39, 0.29) is 17.5 Å². The molecule has 10 heteroatoms. The molecule has 2 aliphatic heterocycles. The van der Waals surface area contributed by atoms with Crippen LogP contribution in [0.3, 0.4) is 0 Å². The molecule has 10 nitrogen and oxygen atoms in total. The lowest BCUT2D eigenvalue weighted by atomic mass is 9.75. The molecular weight excluding hydrogens is 616 g/mol. The first kappa shape index (κ1) is 32.2. The molecule has 2 fully saturated rings. The van der Waals surface area contributed by atoms with Crippen LogP contribution in [-0.2, 0) is 11.8 Å². The number of benzene rings is 3. The molecule has 49 heavy (non-hydrogen) atoms. The van der Waals surface area contributed by atoms with Gasteiger partial charge >= 0.3 is 12.2 Å². The molecule has 2 amide bonds. The van der Waals surface area contributed by atoms with E-state index in [4.69, 9.17) is 0 Å². The van der Waals surface area contributed by atoms with E-state index >= 15 is 0 Å². The Kier molecular flexibility index (Phi) is 8.71. The summed E-state index contributed by atoms with van der Waals surface area (Å²) in [5.41, 5.74) is 8.31. The molecule has 0 saturated carbocycles. The number of carbonyl (C=O) groups is 2. The molecule has 2 aromatic heterocycles. The van der Waals surface area contributed by atoms with Crippen LogP contribution < -0.4 is 0 Å². The Bertz CT molecular complexity index is 1950. The Morgan fingerprint density at radius 1 is 0.755 bits per heavy atom. The minimum Gasteiger partial charge on any atom is -0.465 e. The number of amides is 2. The zero-order valence-electron chi connectivity index (χ0n) is 27.9. The molecule has 0 unspecified atom stereocenters. The van der Waals surface area contributed by atoms with Gasteiger partial charge in [-0.15, -0.1) is 0 Å². The van der Waals surface area contributed by atoms with Crippen molar-refractivity contribution in [2.24, 2.45) is 0 Å². The monoisotopic (exact) mass is 658 g/mol. The maximum atomic E-state index is 11.8. The number of nitrogens with zero attached hydrogens (tertiary/aromatic N) is 4. The lowest BCUT2D eigenvalue weighted by Gasteiger charge is -2.29. The number of aryl methyl sites for hydroxylation is 1. The molecule has 0 bridgehead atoms. The first-order valence-corrected chi connectivity index (χ1v) is 17.1. The predicted octanol–water partition coefficient (Wildman–Crippen LogP) is 8.67. The predicted molar refractivity (Wildman–Crippen MR) is 188 cm³/mol. The van der Waals surface area contributed by atoms with Crippen LogP contribution in [0.5, 0.6) is 0 Å². The molecule has 2 aliphatic rings. The van der Waals surface area contributed by atoms with Gasteiger partial charge < -0.3 is 20.2 Å². The van der Waals surface area contributed by atoms with Gasteiger partial charge in [0.2, 0.25) is 0 Å². The summed E-state index contributed by atoms with van der Waals surface area (Å²) in [6.07, 6.45) is 6.84. The van der Waals surface area contributed by atoms with Crippen LogP contribution in [0.2, 0.25) is 0 Å². The number of imidazole rings is 2. The van der Waals surface area contributed by atoms with Crippen LogP contribution in [-0.4, -0.2) is 65.2 Å². The van der Waals surface area contributed by atoms with E-state index in [9.17, 15) is 19.8 Å². The fraction of sp³-hybridized carbons (Fsp3) is 0.333. The van der Waals surface area contributed by atoms with Gasteiger partial charge in [-0.25, -0.2) is 19.6 Å². The summed E-state index contributed by atoms with van der Waals surface area (Å²) in [4.78, 5) is 42.4. The number of H-pyrrole nitrogens is 2. The summed E-state index contributed by atoms with van der Waals surface area (Å²) in [5.74, 6) is 1.37. The number of carboxylic acid groups (broad SMARTS) is 2. The number of hydrogen-bond donors (Lipinski definition) is 4. The van der Waals surface area contributed by atoms with E-state index in [1.807, 2.05) is 12.3 Å². The molecule has 4 heterocycles. The zero-order chi connectivity index (χ0) is 34.1. The molecule has 0 aliphatic carbocycles. The molecule has 0 spiro atoms. The van der Waals surface area contributed by atoms with Crippen LogP contribution in [0.25, 0.3) is 33.6 Å². The normalized spacial score (nSPS) is 17.9. The second-order valence-electron chi connectivity index (χ2n) is 13.8. The number of aromatic amines is 2. The van der Waals surface area contributed by atoms with Gasteiger partial charge in [0.1, 0.15) is 11.6 Å². The van der Waals surface area contributed by atoms with Gasteiger partial charge in [0, 0.05) is 13.1 Å². The molecule has 5 aromatic rings. The summed E-state index contributed by atoms with van der Waals surface area (Å²) >= 11 is 0. The summed E-state index contributed by atoms with van der Waals surface area (Å²) < 4.78 is 0. The first-order valence-electron chi connectivity index (χ1n) is 17.1. The standard InChI is InChI=1S/C39H42N6O4/c1-39(2,19-18-25-8-4-3-5-9-25)30-22-28(32-24-41-36(43-32)34-11-7-21-45(34)38(48)49)16-17-29(30)26-12-14-27(15-13-26)31-23-40-35(42-31)33-10-6-20-44(33)37(46)47/h3-5,8-9,12-17,22-24,33-34H,6-7,10-11,18-21H2,1-2H3,(H,40,42)(H,41,43)(H,46,47)(H,48,49)/t33-,34-/m0/s1. The van der Waals surface area contributed by atoms with Gasteiger partial charge in [-0.2, -0.15) is 0 Å². The highest BCUT2D eigenvalue weighted by Crippen LogP contribution is 2.40. The first-order chi connectivity index (χ1) is 23.7. The van der Waals surface area contributed by atoms with Crippen molar-refractivity contribution in [3.05, 3.63) is 108 Å². The van der Waals surface area contributed by atoms with Crippen molar-refractivity contribution in [3.8, 4) is 33.6 Å². The largest absolute Gasteiger partial charge is 0.465 e. The SMILES string of the molecule is CC(C)(CCc1ccccc1)c1cc(-c2cnc([C@@H]3CCCN3C(=O)O)[nH]2)ccc1-c1ccc(-c2cnc([C@@H]3CCCN3C(=O)O)[nH]2)cc1. The van der Waals surface area contributed by atoms with Crippen molar-refractivity contribution < 1.29 is 19.8 Å². The van der Waals surface area contributed by atoms with Gasteiger partial charge in [0.15, 0.2) is 0 Å². The van der Waals surface area contributed by atoms with Crippen molar-refractivity contribution in [1.29, 1.82) is 0 Å². The zero-order valence-corrected chi connectivity index (χ0v) is 27.9. The third kappa shape index (κ3) is 6.55. The second-order valence-corrected chi connectivity index (χ2v) is 13.8. The van der Waals surface area contributed by atoms with Gasteiger partial charge in [-0.3, -0.25) is 9.80 Å².